The van der Waals surface area contributed by atoms with Gasteiger partial charge in [0.2, 0.25) is 5.91 Å². The molecule has 1 amide bonds. The average molecular weight is 324 g/mol. The molecule has 24 heavy (non-hydrogen) atoms. The predicted molar refractivity (Wildman–Crippen MR) is 97.2 cm³/mol. The van der Waals surface area contributed by atoms with Crippen LogP contribution in [0.1, 0.15) is 37.2 Å². The van der Waals surface area contributed by atoms with E-state index >= 15 is 0 Å². The van der Waals surface area contributed by atoms with Gasteiger partial charge in [-0.15, -0.1) is 0 Å². The van der Waals surface area contributed by atoms with Gasteiger partial charge in [0.15, 0.2) is 0 Å². The molecule has 0 atom stereocenters. The summed E-state index contributed by atoms with van der Waals surface area (Å²) in [5, 5.41) is 15.1. The maximum Gasteiger partial charge on any atom is 0.250 e. The Morgan fingerprint density at radius 2 is 1.67 bits per heavy atom. The smallest absolute Gasteiger partial charge is 0.250 e. The SMILES string of the molecule is O=C(CO)Nc1cccc(NC2CCC(c3ccccc3)CC2)c1. The summed E-state index contributed by atoms with van der Waals surface area (Å²) in [5.41, 5.74) is 3.16. The second-order valence-electron chi connectivity index (χ2n) is 6.39. The van der Waals surface area contributed by atoms with E-state index in [2.05, 4.69) is 41.0 Å². The summed E-state index contributed by atoms with van der Waals surface area (Å²) < 4.78 is 0. The fourth-order valence-corrected chi connectivity index (χ4v) is 3.42. The van der Waals surface area contributed by atoms with Crippen molar-refractivity contribution in [3.63, 3.8) is 0 Å². The Morgan fingerprint density at radius 1 is 0.958 bits per heavy atom. The van der Waals surface area contributed by atoms with Crippen molar-refractivity contribution in [3.05, 3.63) is 60.2 Å². The van der Waals surface area contributed by atoms with Crippen molar-refractivity contribution in [2.24, 2.45) is 0 Å². The van der Waals surface area contributed by atoms with E-state index in [1.165, 1.54) is 18.4 Å². The Hall–Kier alpha value is -2.33. The Bertz CT molecular complexity index is 664. The Balaban J connectivity index is 1.54. The van der Waals surface area contributed by atoms with Crippen LogP contribution in [-0.2, 0) is 4.79 Å². The van der Waals surface area contributed by atoms with Crippen LogP contribution >= 0.6 is 0 Å². The van der Waals surface area contributed by atoms with E-state index in [4.69, 9.17) is 5.11 Å². The zero-order valence-corrected chi connectivity index (χ0v) is 13.7. The first-order valence-electron chi connectivity index (χ1n) is 8.57. The second-order valence-corrected chi connectivity index (χ2v) is 6.39. The van der Waals surface area contributed by atoms with E-state index in [1.807, 2.05) is 24.3 Å². The third kappa shape index (κ3) is 4.36. The second kappa shape index (κ2) is 7.97. The van der Waals surface area contributed by atoms with Crippen molar-refractivity contribution in [2.45, 2.75) is 37.6 Å². The van der Waals surface area contributed by atoms with Crippen LogP contribution in [0.3, 0.4) is 0 Å². The lowest BCUT2D eigenvalue weighted by atomic mass is 9.82. The highest BCUT2D eigenvalue weighted by Crippen LogP contribution is 2.34. The van der Waals surface area contributed by atoms with Gasteiger partial charge < -0.3 is 15.7 Å². The molecule has 3 N–H and O–H groups in total. The predicted octanol–water partition coefficient (Wildman–Crippen LogP) is 3.76. The van der Waals surface area contributed by atoms with Gasteiger partial charge in [-0.2, -0.15) is 0 Å². The van der Waals surface area contributed by atoms with Crippen LogP contribution in [-0.4, -0.2) is 23.7 Å². The number of aliphatic hydroxyl groups excluding tert-OH is 1. The summed E-state index contributed by atoms with van der Waals surface area (Å²) in [6, 6.07) is 18.9. The molecule has 0 bridgehead atoms. The van der Waals surface area contributed by atoms with Crippen molar-refractivity contribution in [1.29, 1.82) is 0 Å². The minimum Gasteiger partial charge on any atom is -0.387 e. The number of nitrogens with one attached hydrogen (secondary N) is 2. The molecular weight excluding hydrogens is 300 g/mol. The molecule has 0 radical (unpaired) electrons. The lowest BCUT2D eigenvalue weighted by molar-refractivity contribution is -0.118. The lowest BCUT2D eigenvalue weighted by Gasteiger charge is -2.30. The number of amides is 1. The maximum atomic E-state index is 11.3. The topological polar surface area (TPSA) is 61.4 Å². The van der Waals surface area contributed by atoms with Gasteiger partial charge in [0.25, 0.3) is 0 Å². The monoisotopic (exact) mass is 324 g/mol. The van der Waals surface area contributed by atoms with Crippen LogP contribution in [0, 0.1) is 0 Å². The van der Waals surface area contributed by atoms with E-state index in [0.29, 0.717) is 17.6 Å². The minimum absolute atomic E-state index is 0.393. The fourth-order valence-electron chi connectivity index (χ4n) is 3.42. The summed E-state index contributed by atoms with van der Waals surface area (Å²) in [5.74, 6) is 0.273. The molecule has 126 valence electrons. The Labute approximate surface area is 142 Å². The number of hydrogen-bond donors (Lipinski definition) is 3. The molecule has 4 nitrogen and oxygen atoms in total. The largest absolute Gasteiger partial charge is 0.387 e. The number of rotatable bonds is 5. The standard InChI is InChI=1S/C20H24N2O2/c23-14-20(24)22-19-8-4-7-18(13-19)21-17-11-9-16(10-12-17)15-5-2-1-3-6-15/h1-8,13,16-17,21,23H,9-12,14H2,(H,22,24). The third-order valence-corrected chi connectivity index (χ3v) is 4.66. The van der Waals surface area contributed by atoms with Crippen molar-refractivity contribution < 1.29 is 9.90 Å². The first-order valence-corrected chi connectivity index (χ1v) is 8.57. The summed E-state index contributed by atoms with van der Waals surface area (Å²) in [7, 11) is 0. The zero-order valence-electron chi connectivity index (χ0n) is 13.7. The summed E-state index contributed by atoms with van der Waals surface area (Å²) >= 11 is 0. The number of carbonyl (C=O) groups is 1. The molecule has 0 aliphatic heterocycles. The maximum absolute atomic E-state index is 11.3. The van der Waals surface area contributed by atoms with E-state index < -0.39 is 12.5 Å². The van der Waals surface area contributed by atoms with Gasteiger partial charge in [-0.25, -0.2) is 0 Å². The molecule has 0 heterocycles. The van der Waals surface area contributed by atoms with Gasteiger partial charge in [-0.3, -0.25) is 4.79 Å². The highest BCUT2D eigenvalue weighted by atomic mass is 16.3. The van der Waals surface area contributed by atoms with E-state index in [9.17, 15) is 4.79 Å². The summed E-state index contributed by atoms with van der Waals surface area (Å²) in [4.78, 5) is 11.3. The van der Waals surface area contributed by atoms with Crippen molar-refractivity contribution in [3.8, 4) is 0 Å². The quantitative estimate of drug-likeness (QED) is 0.785. The van der Waals surface area contributed by atoms with Gasteiger partial charge in [-0.1, -0.05) is 36.4 Å². The first-order chi connectivity index (χ1) is 11.7. The van der Waals surface area contributed by atoms with Crippen molar-refractivity contribution in [2.75, 3.05) is 17.2 Å². The molecule has 0 aromatic heterocycles. The molecule has 2 aromatic rings. The average Bonchev–Trinajstić information content (AvgIpc) is 2.63. The Kier molecular flexibility index (Phi) is 5.49. The molecule has 2 aromatic carbocycles. The number of benzene rings is 2. The molecule has 0 unspecified atom stereocenters. The molecule has 1 aliphatic rings. The highest BCUT2D eigenvalue weighted by molar-refractivity contribution is 5.91. The molecule has 4 heteroatoms. The molecule has 1 fully saturated rings. The molecule has 3 rings (SSSR count). The number of aliphatic hydroxyl groups is 1. The van der Waals surface area contributed by atoms with Gasteiger partial charge >= 0.3 is 0 Å². The van der Waals surface area contributed by atoms with Crippen LogP contribution in [0.2, 0.25) is 0 Å². The highest BCUT2D eigenvalue weighted by Gasteiger charge is 2.22. The van der Waals surface area contributed by atoms with Crippen molar-refractivity contribution >= 4 is 17.3 Å². The third-order valence-electron chi connectivity index (χ3n) is 4.66. The van der Waals surface area contributed by atoms with Gasteiger partial charge in [0.05, 0.1) is 0 Å². The molecule has 0 spiro atoms. The lowest BCUT2D eigenvalue weighted by Crippen LogP contribution is -2.25. The summed E-state index contributed by atoms with van der Waals surface area (Å²) in [6.07, 6.45) is 4.69. The first kappa shape index (κ1) is 16.5. The van der Waals surface area contributed by atoms with Crippen LogP contribution in [0.4, 0.5) is 11.4 Å². The van der Waals surface area contributed by atoms with Crippen LogP contribution in [0.25, 0.3) is 0 Å². The van der Waals surface area contributed by atoms with Gasteiger partial charge in [-0.05, 0) is 55.4 Å². The van der Waals surface area contributed by atoms with E-state index in [0.717, 1.165) is 18.5 Å². The summed E-state index contributed by atoms with van der Waals surface area (Å²) in [6.45, 7) is -0.499. The van der Waals surface area contributed by atoms with E-state index in [1.54, 1.807) is 0 Å². The number of carbonyl (C=O) groups excluding carboxylic acids is 1. The van der Waals surface area contributed by atoms with Crippen LogP contribution in [0.5, 0.6) is 0 Å². The normalized spacial score (nSPS) is 20.4. The minimum atomic E-state index is -0.499. The number of hydrogen-bond acceptors (Lipinski definition) is 3. The Morgan fingerprint density at radius 3 is 2.38 bits per heavy atom. The van der Waals surface area contributed by atoms with Crippen molar-refractivity contribution in [1.82, 2.24) is 0 Å². The molecule has 0 saturated heterocycles. The molecular formula is C20H24N2O2. The molecule has 1 saturated carbocycles. The van der Waals surface area contributed by atoms with E-state index in [-0.39, 0.29) is 0 Å². The van der Waals surface area contributed by atoms with Gasteiger partial charge in [0.1, 0.15) is 6.61 Å². The number of anilines is 2. The van der Waals surface area contributed by atoms with Gasteiger partial charge in [0, 0.05) is 17.4 Å². The molecule has 1 aliphatic carbocycles. The fraction of sp³-hybridized carbons (Fsp3) is 0.350. The van der Waals surface area contributed by atoms with Crippen LogP contribution < -0.4 is 10.6 Å². The van der Waals surface area contributed by atoms with Crippen LogP contribution in [0.15, 0.2) is 54.6 Å². The zero-order chi connectivity index (χ0) is 16.8.